The third-order valence-electron chi connectivity index (χ3n) is 3.30. The minimum atomic E-state index is -0.931. The van der Waals surface area contributed by atoms with E-state index in [1.165, 1.54) is 0 Å². The number of rotatable bonds is 5. The van der Waals surface area contributed by atoms with Crippen molar-refractivity contribution in [3.8, 4) is 0 Å². The van der Waals surface area contributed by atoms with Crippen molar-refractivity contribution in [2.45, 2.75) is 6.10 Å². The number of hydrogen-bond donors (Lipinski definition) is 2. The van der Waals surface area contributed by atoms with Gasteiger partial charge in [0.2, 0.25) is 5.91 Å². The molecule has 0 bridgehead atoms. The van der Waals surface area contributed by atoms with Crippen molar-refractivity contribution in [1.29, 1.82) is 0 Å². The van der Waals surface area contributed by atoms with E-state index in [1.807, 2.05) is 4.90 Å². The number of nitrogens with zero attached hydrogens (tertiary/aromatic N) is 1. The number of aliphatic hydroxyl groups is 1. The standard InChI is InChI=1S/C14H18Cl2N2O3/c15-10-2-1-3-11(16)14(10)12(19)8-17-13(20)9-18-4-6-21-7-5-18/h1-3,12,19H,4-9H2,(H,17,20). The van der Waals surface area contributed by atoms with Gasteiger partial charge in [-0.2, -0.15) is 0 Å². The highest BCUT2D eigenvalue weighted by Crippen LogP contribution is 2.29. The first-order valence-electron chi connectivity index (χ1n) is 6.76. The Morgan fingerprint density at radius 3 is 2.57 bits per heavy atom. The van der Waals surface area contributed by atoms with Crippen molar-refractivity contribution < 1.29 is 14.6 Å². The first-order valence-corrected chi connectivity index (χ1v) is 7.52. The molecule has 1 aliphatic heterocycles. The van der Waals surface area contributed by atoms with Gasteiger partial charge in [0.1, 0.15) is 0 Å². The number of carbonyl (C=O) groups is 1. The van der Waals surface area contributed by atoms with E-state index in [2.05, 4.69) is 5.32 Å². The van der Waals surface area contributed by atoms with Crippen molar-refractivity contribution in [3.05, 3.63) is 33.8 Å². The minimum Gasteiger partial charge on any atom is -0.386 e. The number of halogens is 2. The molecule has 0 spiro atoms. The summed E-state index contributed by atoms with van der Waals surface area (Å²) >= 11 is 12.0. The lowest BCUT2D eigenvalue weighted by Crippen LogP contribution is -2.43. The van der Waals surface area contributed by atoms with Crippen LogP contribution in [-0.4, -0.2) is 55.3 Å². The number of amides is 1. The van der Waals surface area contributed by atoms with Crippen LogP contribution in [0.1, 0.15) is 11.7 Å². The number of carbonyl (C=O) groups excluding carboxylic acids is 1. The SMILES string of the molecule is O=C(CN1CCOCC1)NCC(O)c1c(Cl)cccc1Cl. The molecule has 1 saturated heterocycles. The molecular weight excluding hydrogens is 315 g/mol. The maximum atomic E-state index is 11.8. The first-order chi connectivity index (χ1) is 10.1. The molecule has 1 aliphatic rings. The van der Waals surface area contributed by atoms with Crippen LogP contribution in [0.3, 0.4) is 0 Å². The minimum absolute atomic E-state index is 0.0760. The Labute approximate surface area is 133 Å². The lowest BCUT2D eigenvalue weighted by molar-refractivity contribution is -0.123. The number of morpholine rings is 1. The van der Waals surface area contributed by atoms with E-state index >= 15 is 0 Å². The largest absolute Gasteiger partial charge is 0.386 e. The van der Waals surface area contributed by atoms with Gasteiger partial charge in [-0.05, 0) is 12.1 Å². The van der Waals surface area contributed by atoms with Gasteiger partial charge in [-0.25, -0.2) is 0 Å². The summed E-state index contributed by atoms with van der Waals surface area (Å²) in [5.41, 5.74) is 0.438. The monoisotopic (exact) mass is 332 g/mol. The molecular formula is C14H18Cl2N2O3. The van der Waals surface area contributed by atoms with Crippen LogP contribution in [0.5, 0.6) is 0 Å². The lowest BCUT2D eigenvalue weighted by Gasteiger charge is -2.26. The molecule has 1 aromatic carbocycles. The molecule has 21 heavy (non-hydrogen) atoms. The van der Waals surface area contributed by atoms with Crippen molar-refractivity contribution >= 4 is 29.1 Å². The maximum Gasteiger partial charge on any atom is 0.234 e. The highest BCUT2D eigenvalue weighted by atomic mass is 35.5. The maximum absolute atomic E-state index is 11.8. The van der Waals surface area contributed by atoms with E-state index in [4.69, 9.17) is 27.9 Å². The molecule has 1 heterocycles. The fraction of sp³-hybridized carbons (Fsp3) is 0.500. The summed E-state index contributed by atoms with van der Waals surface area (Å²) in [5, 5.41) is 13.6. The van der Waals surface area contributed by atoms with E-state index in [9.17, 15) is 9.90 Å². The highest BCUT2D eigenvalue weighted by molar-refractivity contribution is 6.36. The van der Waals surface area contributed by atoms with Gasteiger partial charge >= 0.3 is 0 Å². The predicted molar refractivity (Wildman–Crippen MR) is 81.7 cm³/mol. The second-order valence-electron chi connectivity index (χ2n) is 4.84. The van der Waals surface area contributed by atoms with Crippen LogP contribution in [0, 0.1) is 0 Å². The Morgan fingerprint density at radius 1 is 1.33 bits per heavy atom. The van der Waals surface area contributed by atoms with Crippen molar-refractivity contribution in [1.82, 2.24) is 10.2 Å². The van der Waals surface area contributed by atoms with Gasteiger partial charge in [0.25, 0.3) is 0 Å². The number of aliphatic hydroxyl groups excluding tert-OH is 1. The summed E-state index contributed by atoms with van der Waals surface area (Å²) in [6.45, 7) is 3.15. The van der Waals surface area contributed by atoms with E-state index in [1.54, 1.807) is 18.2 Å². The molecule has 0 aliphatic carbocycles. The summed E-state index contributed by atoms with van der Waals surface area (Å²) in [6.07, 6.45) is -0.931. The van der Waals surface area contributed by atoms with E-state index in [-0.39, 0.29) is 12.5 Å². The summed E-state index contributed by atoms with van der Waals surface area (Å²) in [6, 6.07) is 5.01. The van der Waals surface area contributed by atoms with Gasteiger partial charge < -0.3 is 15.2 Å². The molecule has 7 heteroatoms. The van der Waals surface area contributed by atoms with Crippen molar-refractivity contribution in [2.24, 2.45) is 0 Å². The van der Waals surface area contributed by atoms with E-state index in [0.717, 1.165) is 13.1 Å². The topological polar surface area (TPSA) is 61.8 Å². The summed E-state index contributed by atoms with van der Waals surface area (Å²) in [7, 11) is 0. The zero-order valence-corrected chi connectivity index (χ0v) is 13.0. The molecule has 2 N–H and O–H groups in total. The molecule has 0 saturated carbocycles. The summed E-state index contributed by atoms with van der Waals surface area (Å²) in [5.74, 6) is -0.140. The second kappa shape index (κ2) is 7.96. The lowest BCUT2D eigenvalue weighted by atomic mass is 10.1. The molecule has 116 valence electrons. The molecule has 1 unspecified atom stereocenters. The zero-order valence-electron chi connectivity index (χ0n) is 11.5. The van der Waals surface area contributed by atoms with Crippen LogP contribution in [0.4, 0.5) is 0 Å². The van der Waals surface area contributed by atoms with Gasteiger partial charge in [0, 0.05) is 35.2 Å². The quantitative estimate of drug-likeness (QED) is 0.857. The normalized spacial score (nSPS) is 17.5. The Hall–Kier alpha value is -0.850. The van der Waals surface area contributed by atoms with E-state index in [0.29, 0.717) is 35.4 Å². The van der Waals surface area contributed by atoms with Gasteiger partial charge in [-0.1, -0.05) is 29.3 Å². The van der Waals surface area contributed by atoms with Gasteiger partial charge in [0.15, 0.2) is 0 Å². The smallest absolute Gasteiger partial charge is 0.234 e. The Kier molecular flexibility index (Phi) is 6.26. The zero-order chi connectivity index (χ0) is 15.2. The fourth-order valence-electron chi connectivity index (χ4n) is 2.16. The number of benzene rings is 1. The Morgan fingerprint density at radius 2 is 1.95 bits per heavy atom. The van der Waals surface area contributed by atoms with Crippen molar-refractivity contribution in [2.75, 3.05) is 39.4 Å². The van der Waals surface area contributed by atoms with Crippen LogP contribution in [0.2, 0.25) is 10.0 Å². The molecule has 1 amide bonds. The van der Waals surface area contributed by atoms with Crippen LogP contribution < -0.4 is 5.32 Å². The number of hydrogen-bond acceptors (Lipinski definition) is 4. The second-order valence-corrected chi connectivity index (χ2v) is 5.66. The third-order valence-corrected chi connectivity index (χ3v) is 3.96. The van der Waals surface area contributed by atoms with E-state index < -0.39 is 6.10 Å². The Bertz CT molecular complexity index is 473. The van der Waals surface area contributed by atoms with Crippen LogP contribution in [-0.2, 0) is 9.53 Å². The predicted octanol–water partition coefficient (Wildman–Crippen LogP) is 1.48. The van der Waals surface area contributed by atoms with Crippen molar-refractivity contribution in [3.63, 3.8) is 0 Å². The van der Waals surface area contributed by atoms with Crippen LogP contribution >= 0.6 is 23.2 Å². The molecule has 5 nitrogen and oxygen atoms in total. The number of ether oxygens (including phenoxy) is 1. The highest BCUT2D eigenvalue weighted by Gasteiger charge is 2.18. The number of nitrogens with one attached hydrogen (secondary N) is 1. The molecule has 0 radical (unpaired) electrons. The molecule has 0 aromatic heterocycles. The summed E-state index contributed by atoms with van der Waals surface area (Å²) < 4.78 is 5.22. The average Bonchev–Trinajstić information content (AvgIpc) is 2.46. The van der Waals surface area contributed by atoms with Gasteiger partial charge in [-0.15, -0.1) is 0 Å². The first kappa shape index (κ1) is 16.5. The molecule has 1 atom stereocenters. The van der Waals surface area contributed by atoms with Gasteiger partial charge in [0.05, 0.1) is 25.9 Å². The molecule has 2 rings (SSSR count). The summed E-state index contributed by atoms with van der Waals surface area (Å²) in [4.78, 5) is 13.9. The molecule has 1 aromatic rings. The fourth-order valence-corrected chi connectivity index (χ4v) is 2.81. The molecule has 1 fully saturated rings. The van der Waals surface area contributed by atoms with Crippen LogP contribution in [0.15, 0.2) is 18.2 Å². The third kappa shape index (κ3) is 4.83. The average molecular weight is 333 g/mol. The van der Waals surface area contributed by atoms with Gasteiger partial charge in [-0.3, -0.25) is 9.69 Å². The van der Waals surface area contributed by atoms with Crippen LogP contribution in [0.25, 0.3) is 0 Å². The Balaban J connectivity index is 1.83.